The molecule has 1 aliphatic heterocycles. The maximum Gasteiger partial charge on any atom is 0.150 e. The van der Waals surface area contributed by atoms with Gasteiger partial charge in [0.2, 0.25) is 0 Å². The number of benzene rings is 1. The average molecular weight is 421 g/mol. The Morgan fingerprint density at radius 2 is 2.28 bits per heavy atom. The molecule has 1 saturated heterocycles. The van der Waals surface area contributed by atoms with Crippen LogP contribution < -0.4 is 0 Å². The third-order valence-corrected chi connectivity index (χ3v) is 5.02. The highest BCUT2D eigenvalue weighted by Gasteiger charge is 2.20. The van der Waals surface area contributed by atoms with Gasteiger partial charge >= 0.3 is 0 Å². The summed E-state index contributed by atoms with van der Waals surface area (Å²) in [6.45, 7) is 2.95. The zero-order valence-corrected chi connectivity index (χ0v) is 13.9. The van der Waals surface area contributed by atoms with Crippen LogP contribution >= 0.6 is 38.5 Å². The van der Waals surface area contributed by atoms with Crippen molar-refractivity contribution < 1.29 is 4.74 Å². The molecule has 1 atom stereocenters. The minimum atomic E-state index is 0.102. The summed E-state index contributed by atoms with van der Waals surface area (Å²) in [7, 11) is 0. The Balaban J connectivity index is 2.14. The summed E-state index contributed by atoms with van der Waals surface area (Å²) in [6, 6.07) is 4.34. The lowest BCUT2D eigenvalue weighted by atomic mass is 10.1. The van der Waals surface area contributed by atoms with E-state index in [2.05, 4.69) is 67.4 Å². The van der Waals surface area contributed by atoms with Crippen LogP contribution in [0.4, 0.5) is 0 Å². The number of ether oxygens (including phenoxy) is 1. The van der Waals surface area contributed by atoms with Crippen molar-refractivity contribution in [2.45, 2.75) is 32.4 Å². The number of halogens is 2. The summed E-state index contributed by atoms with van der Waals surface area (Å²) < 4.78 is 10.1. The molecule has 1 aromatic heterocycles. The van der Waals surface area contributed by atoms with Gasteiger partial charge in [-0.15, -0.1) is 0 Å². The van der Waals surface area contributed by atoms with Gasteiger partial charge in [0.1, 0.15) is 3.70 Å². The van der Waals surface area contributed by atoms with E-state index in [0.717, 1.165) is 27.6 Å². The van der Waals surface area contributed by atoms with Crippen LogP contribution in [0.1, 0.15) is 31.1 Å². The molecular weight excluding hydrogens is 407 g/mol. The number of rotatable bonds is 1. The molecule has 1 unspecified atom stereocenters. The molecule has 96 valence electrons. The number of aromatic nitrogens is 2. The standard InChI is InChI=1S/C13H14BrIN2O/c1-8-6-11-9(7-10(8)14)13(15)16-17(11)12-4-2-3-5-18-12/h6-7,12H,2-5H2,1H3. The van der Waals surface area contributed by atoms with E-state index in [0.29, 0.717) is 0 Å². The van der Waals surface area contributed by atoms with Crippen LogP contribution in [0.3, 0.4) is 0 Å². The molecule has 1 aliphatic rings. The third-order valence-electron chi connectivity index (χ3n) is 3.37. The number of hydrogen-bond acceptors (Lipinski definition) is 2. The molecule has 1 aromatic carbocycles. The molecule has 0 bridgehead atoms. The first-order valence-electron chi connectivity index (χ1n) is 6.12. The molecule has 0 amide bonds. The first kappa shape index (κ1) is 12.9. The lowest BCUT2D eigenvalue weighted by Gasteiger charge is -2.23. The van der Waals surface area contributed by atoms with Gasteiger partial charge in [-0.1, -0.05) is 15.9 Å². The second-order valence-corrected chi connectivity index (χ2v) is 6.55. The van der Waals surface area contributed by atoms with Gasteiger partial charge in [-0.05, 0) is 66.5 Å². The van der Waals surface area contributed by atoms with Gasteiger partial charge in [-0.3, -0.25) is 0 Å². The van der Waals surface area contributed by atoms with Crippen molar-refractivity contribution in [1.82, 2.24) is 9.78 Å². The molecule has 18 heavy (non-hydrogen) atoms. The monoisotopic (exact) mass is 420 g/mol. The van der Waals surface area contributed by atoms with Crippen molar-refractivity contribution >= 4 is 49.4 Å². The molecule has 0 N–H and O–H groups in total. The van der Waals surface area contributed by atoms with Crippen LogP contribution in [0, 0.1) is 10.6 Å². The van der Waals surface area contributed by atoms with Gasteiger partial charge in [0, 0.05) is 16.5 Å². The molecular formula is C13H14BrIN2O. The Kier molecular flexibility index (Phi) is 3.64. The van der Waals surface area contributed by atoms with Crippen molar-refractivity contribution in [2.24, 2.45) is 0 Å². The molecule has 2 heterocycles. The zero-order valence-electron chi connectivity index (χ0n) is 10.1. The summed E-state index contributed by atoms with van der Waals surface area (Å²) in [5.74, 6) is 0. The van der Waals surface area contributed by atoms with E-state index in [1.165, 1.54) is 22.9 Å². The van der Waals surface area contributed by atoms with Crippen molar-refractivity contribution in [1.29, 1.82) is 0 Å². The van der Waals surface area contributed by atoms with E-state index >= 15 is 0 Å². The fraction of sp³-hybridized carbons (Fsp3) is 0.462. The molecule has 3 rings (SSSR count). The number of hydrogen-bond donors (Lipinski definition) is 0. The van der Waals surface area contributed by atoms with E-state index in [-0.39, 0.29) is 6.23 Å². The van der Waals surface area contributed by atoms with E-state index in [1.807, 2.05) is 0 Å². The highest BCUT2D eigenvalue weighted by atomic mass is 127. The Hall–Kier alpha value is -0.140. The third kappa shape index (κ3) is 2.20. The molecule has 5 heteroatoms. The first-order valence-corrected chi connectivity index (χ1v) is 7.99. The van der Waals surface area contributed by atoms with E-state index in [9.17, 15) is 0 Å². The summed E-state index contributed by atoms with van der Waals surface area (Å²) in [4.78, 5) is 0. The van der Waals surface area contributed by atoms with Crippen molar-refractivity contribution in [3.05, 3.63) is 25.9 Å². The van der Waals surface area contributed by atoms with Crippen molar-refractivity contribution in [3.63, 3.8) is 0 Å². The second kappa shape index (κ2) is 5.09. The molecule has 0 radical (unpaired) electrons. The van der Waals surface area contributed by atoms with Crippen molar-refractivity contribution in [3.8, 4) is 0 Å². The van der Waals surface area contributed by atoms with Gasteiger partial charge in [0.15, 0.2) is 6.23 Å². The molecule has 2 aromatic rings. The van der Waals surface area contributed by atoms with Crippen LogP contribution in [0.5, 0.6) is 0 Å². The van der Waals surface area contributed by atoms with Gasteiger partial charge < -0.3 is 4.74 Å². The van der Waals surface area contributed by atoms with Crippen molar-refractivity contribution in [2.75, 3.05) is 6.61 Å². The quantitative estimate of drug-likeness (QED) is 0.639. The highest BCUT2D eigenvalue weighted by Crippen LogP contribution is 2.31. The Bertz CT molecular complexity index is 590. The largest absolute Gasteiger partial charge is 0.356 e. The van der Waals surface area contributed by atoms with E-state index in [4.69, 9.17) is 4.74 Å². The fourth-order valence-corrected chi connectivity index (χ4v) is 3.37. The first-order chi connectivity index (χ1) is 8.66. The zero-order chi connectivity index (χ0) is 12.7. The van der Waals surface area contributed by atoms with Gasteiger partial charge in [0.25, 0.3) is 0 Å². The van der Waals surface area contributed by atoms with Gasteiger partial charge in [-0.2, -0.15) is 5.10 Å². The molecule has 0 saturated carbocycles. The van der Waals surface area contributed by atoms with Gasteiger partial charge in [-0.25, -0.2) is 4.68 Å². The highest BCUT2D eigenvalue weighted by molar-refractivity contribution is 14.1. The predicted molar refractivity (Wildman–Crippen MR) is 83.7 cm³/mol. The van der Waals surface area contributed by atoms with Crippen LogP contribution in [-0.2, 0) is 4.74 Å². The molecule has 1 fully saturated rings. The van der Waals surface area contributed by atoms with E-state index < -0.39 is 0 Å². The lowest BCUT2D eigenvalue weighted by Crippen LogP contribution is -2.19. The maximum atomic E-state index is 5.84. The summed E-state index contributed by atoms with van der Waals surface area (Å²) in [5, 5.41) is 5.85. The second-order valence-electron chi connectivity index (χ2n) is 4.68. The normalized spacial score (nSPS) is 20.5. The minimum Gasteiger partial charge on any atom is -0.356 e. The summed E-state index contributed by atoms with van der Waals surface area (Å²) in [5.41, 5.74) is 2.41. The van der Waals surface area contributed by atoms with E-state index in [1.54, 1.807) is 0 Å². The SMILES string of the molecule is Cc1cc2c(cc1Br)c(I)nn2C1CCCCO1. The topological polar surface area (TPSA) is 27.1 Å². The average Bonchev–Trinajstić information content (AvgIpc) is 2.69. The number of aryl methyl sites for hydroxylation is 1. The van der Waals surface area contributed by atoms with Crippen LogP contribution in [-0.4, -0.2) is 16.4 Å². The predicted octanol–water partition coefficient (Wildman–Crippen LogP) is 4.41. The lowest BCUT2D eigenvalue weighted by molar-refractivity contribution is -0.0368. The fourth-order valence-electron chi connectivity index (χ4n) is 2.36. The van der Waals surface area contributed by atoms with Gasteiger partial charge in [0.05, 0.1) is 5.52 Å². The number of fused-ring (bicyclic) bond motifs is 1. The Labute approximate surface area is 128 Å². The Morgan fingerprint density at radius 3 is 3.00 bits per heavy atom. The minimum absolute atomic E-state index is 0.102. The smallest absolute Gasteiger partial charge is 0.150 e. The maximum absolute atomic E-state index is 5.84. The Morgan fingerprint density at radius 1 is 1.44 bits per heavy atom. The summed E-state index contributed by atoms with van der Waals surface area (Å²) in [6.07, 6.45) is 3.54. The molecule has 0 spiro atoms. The van der Waals surface area contributed by atoms with Crippen LogP contribution in [0.25, 0.3) is 10.9 Å². The van der Waals surface area contributed by atoms with Crippen LogP contribution in [0.2, 0.25) is 0 Å². The summed E-state index contributed by atoms with van der Waals surface area (Å²) >= 11 is 5.88. The number of nitrogens with zero attached hydrogens (tertiary/aromatic N) is 2. The molecule has 0 aliphatic carbocycles. The molecule has 3 nitrogen and oxygen atoms in total. The van der Waals surface area contributed by atoms with Crippen LogP contribution in [0.15, 0.2) is 16.6 Å².